The highest BCUT2D eigenvalue weighted by Crippen LogP contribution is 2.16. The molecule has 0 aliphatic rings. The van der Waals surface area contributed by atoms with Crippen molar-refractivity contribution in [3.63, 3.8) is 0 Å². The van der Waals surface area contributed by atoms with Crippen molar-refractivity contribution >= 4 is 33.7 Å². The summed E-state index contributed by atoms with van der Waals surface area (Å²) in [5.41, 5.74) is 1.11. The van der Waals surface area contributed by atoms with Gasteiger partial charge in [-0.05, 0) is 17.7 Å². The second kappa shape index (κ2) is 6.01. The molecule has 0 spiro atoms. The Morgan fingerprint density at radius 3 is 3.06 bits per heavy atom. The van der Waals surface area contributed by atoms with Crippen molar-refractivity contribution in [3.05, 3.63) is 40.1 Å². The van der Waals surface area contributed by atoms with E-state index in [2.05, 4.69) is 31.1 Å². The Kier molecular flexibility index (Phi) is 4.38. The van der Waals surface area contributed by atoms with E-state index in [1.165, 1.54) is 0 Å². The number of thioether (sulfide) groups is 1. The Balaban J connectivity index is 2.00. The summed E-state index contributed by atoms with van der Waals surface area (Å²) in [6, 6.07) is 7.91. The summed E-state index contributed by atoms with van der Waals surface area (Å²) in [5.74, 6) is -0.187. The number of carboxylic acids is 1. The van der Waals surface area contributed by atoms with Crippen LogP contribution in [0.3, 0.4) is 0 Å². The molecule has 1 aromatic heterocycles. The van der Waals surface area contributed by atoms with Crippen LogP contribution in [0.25, 0.3) is 0 Å². The third-order valence-electron chi connectivity index (χ3n) is 2.10. The molecule has 2 N–H and O–H groups in total. The number of hydrogen-bond acceptors (Lipinski definition) is 4. The van der Waals surface area contributed by atoms with Gasteiger partial charge in [0.15, 0.2) is 0 Å². The second-order valence-electron chi connectivity index (χ2n) is 3.55. The van der Waals surface area contributed by atoms with Crippen molar-refractivity contribution in [3.8, 4) is 0 Å². The van der Waals surface area contributed by atoms with Gasteiger partial charge in [0, 0.05) is 10.9 Å². The van der Waals surface area contributed by atoms with Crippen molar-refractivity contribution in [2.45, 2.75) is 11.6 Å². The van der Waals surface area contributed by atoms with Gasteiger partial charge in [0.05, 0.1) is 5.75 Å². The number of aromatic amines is 1. The fraction of sp³-hybridized carbons (Fsp3) is 0.182. The van der Waals surface area contributed by atoms with E-state index in [-0.39, 0.29) is 5.75 Å². The van der Waals surface area contributed by atoms with Gasteiger partial charge in [-0.25, -0.2) is 4.98 Å². The molecule has 0 saturated heterocycles. The minimum Gasteiger partial charge on any atom is -0.481 e. The Hall–Kier alpha value is -1.34. The molecule has 0 aliphatic carbocycles. The van der Waals surface area contributed by atoms with Crippen molar-refractivity contribution in [2.75, 3.05) is 5.75 Å². The summed E-state index contributed by atoms with van der Waals surface area (Å²) in [6.07, 6.45) is 0.639. The van der Waals surface area contributed by atoms with E-state index in [9.17, 15) is 4.79 Å². The predicted octanol–water partition coefficient (Wildman–Crippen LogP) is 2.33. The minimum atomic E-state index is -0.877. The zero-order chi connectivity index (χ0) is 13.0. The van der Waals surface area contributed by atoms with Crippen LogP contribution < -0.4 is 0 Å². The maximum absolute atomic E-state index is 10.4. The number of hydrogen-bond donors (Lipinski definition) is 2. The molecule has 0 saturated carbocycles. The average molecular weight is 328 g/mol. The molecule has 0 amide bonds. The van der Waals surface area contributed by atoms with Crippen LogP contribution in [0.15, 0.2) is 33.9 Å². The zero-order valence-corrected chi connectivity index (χ0v) is 11.7. The normalized spacial score (nSPS) is 10.5. The highest BCUT2D eigenvalue weighted by Gasteiger charge is 2.07. The maximum Gasteiger partial charge on any atom is 0.313 e. The summed E-state index contributed by atoms with van der Waals surface area (Å²) < 4.78 is 1.01. The molecule has 0 aliphatic heterocycles. The second-order valence-corrected chi connectivity index (χ2v) is 5.41. The van der Waals surface area contributed by atoms with E-state index < -0.39 is 5.97 Å². The van der Waals surface area contributed by atoms with Crippen molar-refractivity contribution in [2.24, 2.45) is 0 Å². The molecule has 7 heteroatoms. The monoisotopic (exact) mass is 327 g/mol. The van der Waals surface area contributed by atoms with E-state index in [0.29, 0.717) is 11.6 Å². The van der Waals surface area contributed by atoms with E-state index in [4.69, 9.17) is 5.11 Å². The number of nitrogens with one attached hydrogen (secondary N) is 1. The van der Waals surface area contributed by atoms with Crippen LogP contribution >= 0.6 is 27.7 Å². The highest BCUT2D eigenvalue weighted by molar-refractivity contribution is 9.10. The first-order chi connectivity index (χ1) is 8.63. The van der Waals surface area contributed by atoms with Gasteiger partial charge in [-0.15, -0.1) is 5.10 Å². The summed E-state index contributed by atoms with van der Waals surface area (Å²) >= 11 is 4.51. The molecule has 94 valence electrons. The first-order valence-corrected chi connectivity index (χ1v) is 6.91. The van der Waals surface area contributed by atoms with Crippen LogP contribution in [-0.4, -0.2) is 32.0 Å². The summed E-state index contributed by atoms with van der Waals surface area (Å²) in [7, 11) is 0. The van der Waals surface area contributed by atoms with Crippen LogP contribution in [0.1, 0.15) is 11.4 Å². The first-order valence-electron chi connectivity index (χ1n) is 5.14. The van der Waals surface area contributed by atoms with Gasteiger partial charge >= 0.3 is 5.97 Å². The molecule has 0 fully saturated rings. The average Bonchev–Trinajstić information content (AvgIpc) is 2.74. The summed E-state index contributed by atoms with van der Waals surface area (Å²) in [6.45, 7) is 0. The van der Waals surface area contributed by atoms with E-state index >= 15 is 0 Å². The molecule has 1 heterocycles. The highest BCUT2D eigenvalue weighted by atomic mass is 79.9. The number of nitrogens with zero attached hydrogens (tertiary/aromatic N) is 2. The fourth-order valence-corrected chi connectivity index (χ4v) is 2.37. The van der Waals surface area contributed by atoms with Crippen LogP contribution in [0.5, 0.6) is 0 Å². The van der Waals surface area contributed by atoms with Crippen molar-refractivity contribution in [1.29, 1.82) is 0 Å². The Morgan fingerprint density at radius 2 is 2.33 bits per heavy atom. The molecule has 0 atom stereocenters. The third-order valence-corrected chi connectivity index (χ3v) is 3.42. The van der Waals surface area contributed by atoms with Crippen molar-refractivity contribution < 1.29 is 9.90 Å². The van der Waals surface area contributed by atoms with Crippen LogP contribution in [0.4, 0.5) is 0 Å². The lowest BCUT2D eigenvalue weighted by Crippen LogP contribution is -1.97. The molecular weight excluding hydrogens is 318 g/mol. The number of H-pyrrole nitrogens is 1. The molecule has 2 aromatic rings. The number of rotatable bonds is 5. The third kappa shape index (κ3) is 3.85. The van der Waals surface area contributed by atoms with Gasteiger partial charge in [-0.3, -0.25) is 9.89 Å². The van der Waals surface area contributed by atoms with Gasteiger partial charge in [-0.2, -0.15) is 0 Å². The molecule has 1 aromatic carbocycles. The molecule has 2 rings (SSSR count). The summed E-state index contributed by atoms with van der Waals surface area (Å²) in [5, 5.41) is 15.8. The number of benzene rings is 1. The molecule has 0 radical (unpaired) electrons. The Labute approximate surface area is 116 Å². The minimum absolute atomic E-state index is 0.0336. The Bertz CT molecular complexity index is 559. The van der Waals surface area contributed by atoms with Gasteiger partial charge in [0.25, 0.3) is 0 Å². The number of halogens is 1. The van der Waals surface area contributed by atoms with Gasteiger partial charge in [0.2, 0.25) is 5.16 Å². The zero-order valence-electron chi connectivity index (χ0n) is 9.26. The van der Waals surface area contributed by atoms with Crippen molar-refractivity contribution in [1.82, 2.24) is 15.2 Å². The lowest BCUT2D eigenvalue weighted by atomic mass is 10.1. The summed E-state index contributed by atoms with van der Waals surface area (Å²) in [4.78, 5) is 14.6. The fourth-order valence-electron chi connectivity index (χ4n) is 1.39. The van der Waals surface area contributed by atoms with Crippen LogP contribution in [-0.2, 0) is 11.2 Å². The van der Waals surface area contributed by atoms with Crippen LogP contribution in [0, 0.1) is 0 Å². The smallest absolute Gasteiger partial charge is 0.313 e. The maximum atomic E-state index is 10.4. The molecule has 18 heavy (non-hydrogen) atoms. The topological polar surface area (TPSA) is 78.9 Å². The number of aromatic nitrogens is 3. The van der Waals surface area contributed by atoms with Gasteiger partial charge in [0.1, 0.15) is 5.82 Å². The van der Waals surface area contributed by atoms with Gasteiger partial charge < -0.3 is 5.11 Å². The largest absolute Gasteiger partial charge is 0.481 e. The lowest BCUT2D eigenvalue weighted by molar-refractivity contribution is -0.133. The van der Waals surface area contributed by atoms with Gasteiger partial charge in [-0.1, -0.05) is 39.8 Å². The van der Waals surface area contributed by atoms with E-state index in [0.717, 1.165) is 27.6 Å². The number of carboxylic acid groups (broad SMARTS) is 1. The van der Waals surface area contributed by atoms with Crippen LogP contribution in [0.2, 0.25) is 0 Å². The van der Waals surface area contributed by atoms with E-state index in [1.54, 1.807) is 0 Å². The molecule has 0 unspecified atom stereocenters. The predicted molar refractivity (Wildman–Crippen MR) is 71.7 cm³/mol. The number of carbonyl (C=O) groups is 1. The Morgan fingerprint density at radius 1 is 1.50 bits per heavy atom. The first kappa shape index (κ1) is 13.1. The number of aliphatic carboxylic acids is 1. The van der Waals surface area contributed by atoms with E-state index in [1.807, 2.05) is 24.3 Å². The SMILES string of the molecule is O=C(O)CSc1n[nH]c(Cc2cccc(Br)c2)n1. The lowest BCUT2D eigenvalue weighted by Gasteiger charge is -1.98. The molecular formula is C11H10BrN3O2S. The quantitative estimate of drug-likeness (QED) is 0.824. The molecule has 5 nitrogen and oxygen atoms in total. The standard InChI is InChI=1S/C11H10BrN3O2S/c12-8-3-1-2-7(4-8)5-9-13-11(15-14-9)18-6-10(16)17/h1-4H,5-6H2,(H,16,17)(H,13,14,15). The molecule has 0 bridgehead atoms.